The third kappa shape index (κ3) is 7.35. The molecule has 0 atom stereocenters. The number of benzene rings is 2. The molecule has 0 saturated heterocycles. The van der Waals surface area contributed by atoms with Crippen LogP contribution in [0.3, 0.4) is 0 Å². The third-order valence-corrected chi connectivity index (χ3v) is 7.07. The minimum absolute atomic E-state index is 0. The maximum Gasteiger partial charge on any atom is 0.356 e. The van der Waals surface area contributed by atoms with Gasteiger partial charge in [-0.2, -0.15) is 0 Å². The molecule has 4 heterocycles. The fourth-order valence-corrected chi connectivity index (χ4v) is 5.06. The van der Waals surface area contributed by atoms with Crippen LogP contribution in [-0.4, -0.2) is 41.7 Å². The molecule has 0 unspecified atom stereocenters. The molecule has 0 saturated carbocycles. The van der Waals surface area contributed by atoms with Crippen LogP contribution in [0.25, 0.3) is 22.3 Å². The van der Waals surface area contributed by atoms with Crippen molar-refractivity contribution >= 4 is 11.9 Å². The first-order chi connectivity index (χ1) is 21.2. The fraction of sp³-hybridized carbons (Fsp3) is 0.273. The zero-order valence-corrected chi connectivity index (χ0v) is 23.6. The molecular weight excluding hydrogens is 594 g/mol. The summed E-state index contributed by atoms with van der Waals surface area (Å²) in [5.74, 6) is -3.96. The number of nitrogens with zero attached hydrogens (tertiary/aromatic N) is 2. The zero-order chi connectivity index (χ0) is 31.4. The van der Waals surface area contributed by atoms with Crippen molar-refractivity contribution in [2.24, 2.45) is 5.73 Å². The molecule has 236 valence electrons. The average molecular weight is 626 g/mol. The van der Waals surface area contributed by atoms with E-state index in [1.165, 1.54) is 36.4 Å². The Morgan fingerprint density at radius 1 is 0.756 bits per heavy atom. The summed E-state index contributed by atoms with van der Waals surface area (Å²) >= 11 is 0. The molecule has 0 spiro atoms. The highest BCUT2D eigenvalue weighted by molar-refractivity contribution is 5.92. The van der Waals surface area contributed by atoms with E-state index in [4.69, 9.17) is 19.9 Å². The predicted molar refractivity (Wildman–Crippen MR) is 157 cm³/mol. The number of carbonyl (C=O) groups excluding carboxylic acids is 2. The van der Waals surface area contributed by atoms with Crippen LogP contribution in [0.15, 0.2) is 48.5 Å². The molecule has 8 nitrogen and oxygen atoms in total. The highest BCUT2D eigenvalue weighted by Gasteiger charge is 2.23. The lowest BCUT2D eigenvalue weighted by Crippen LogP contribution is -2.19. The van der Waals surface area contributed by atoms with Crippen LogP contribution in [0, 0.1) is 23.3 Å². The molecule has 0 bridgehead atoms. The van der Waals surface area contributed by atoms with Crippen LogP contribution in [0.2, 0.25) is 0 Å². The second-order valence-corrected chi connectivity index (χ2v) is 9.90. The standard InChI is InChI=1S/C17H15F2NO3.C15H12F2N2O2.CH4/c1-2-23-17(21)15-8-13(11-4-3-10(18)7-14(11)19)12-5-6-22-9-16(12)20-15;16-8-1-2-9(12(17)5-8)11-6-13(15(18)20)19-14-7-21-4-3-10(11)14;/h3-4,7-8H,2,5-6,9H2,1H3;1-2,5-6H,3-4,7H2,(H2,18,20);1H4. The van der Waals surface area contributed by atoms with Crippen molar-refractivity contribution in [3.8, 4) is 22.3 Å². The number of ether oxygens (including phenoxy) is 3. The third-order valence-electron chi connectivity index (χ3n) is 7.07. The number of aromatic nitrogens is 2. The van der Waals surface area contributed by atoms with Crippen molar-refractivity contribution in [2.45, 2.75) is 40.4 Å². The van der Waals surface area contributed by atoms with Crippen LogP contribution in [0.4, 0.5) is 17.6 Å². The largest absolute Gasteiger partial charge is 0.461 e. The lowest BCUT2D eigenvalue weighted by Gasteiger charge is -2.20. The number of hydrogen-bond donors (Lipinski definition) is 1. The first-order valence-electron chi connectivity index (χ1n) is 13.7. The number of amides is 1. The Morgan fingerprint density at radius 3 is 1.67 bits per heavy atom. The van der Waals surface area contributed by atoms with Crippen LogP contribution in [0.5, 0.6) is 0 Å². The summed E-state index contributed by atoms with van der Waals surface area (Å²) < 4.78 is 70.1. The molecule has 12 heteroatoms. The van der Waals surface area contributed by atoms with E-state index in [-0.39, 0.29) is 49.8 Å². The predicted octanol–water partition coefficient (Wildman–Crippen LogP) is 6.11. The highest BCUT2D eigenvalue weighted by atomic mass is 19.1. The quantitative estimate of drug-likeness (QED) is 0.210. The van der Waals surface area contributed by atoms with Crippen LogP contribution < -0.4 is 5.73 Å². The number of hydrogen-bond acceptors (Lipinski definition) is 7. The van der Waals surface area contributed by atoms with Gasteiger partial charge in [-0.3, -0.25) is 4.79 Å². The molecule has 0 radical (unpaired) electrons. The number of nitrogens with two attached hydrogens (primary N) is 1. The molecule has 0 aliphatic carbocycles. The van der Waals surface area contributed by atoms with Crippen molar-refractivity contribution < 1.29 is 41.4 Å². The van der Waals surface area contributed by atoms with Gasteiger partial charge in [0.2, 0.25) is 0 Å². The number of primary amides is 1. The maximum atomic E-state index is 14.2. The van der Waals surface area contributed by atoms with E-state index in [0.29, 0.717) is 48.6 Å². The van der Waals surface area contributed by atoms with E-state index >= 15 is 0 Å². The molecule has 4 aromatic rings. The average Bonchev–Trinajstić information content (AvgIpc) is 3.00. The van der Waals surface area contributed by atoms with Crippen LogP contribution in [-0.2, 0) is 40.3 Å². The minimum Gasteiger partial charge on any atom is -0.461 e. The SMILES string of the molecule is C.CCOC(=O)c1cc(-c2ccc(F)cc2F)c2c(n1)COCC2.NC(=O)c1cc(-c2ccc(F)cc2F)c2c(n1)COCC2. The van der Waals surface area contributed by atoms with Gasteiger partial charge in [0.25, 0.3) is 5.91 Å². The molecule has 0 fully saturated rings. The first-order valence-corrected chi connectivity index (χ1v) is 13.7. The van der Waals surface area contributed by atoms with E-state index in [2.05, 4.69) is 9.97 Å². The van der Waals surface area contributed by atoms with Crippen LogP contribution in [0.1, 0.15) is 57.8 Å². The molecular formula is C33H31F4N3O5. The van der Waals surface area contributed by atoms with Crippen molar-refractivity contribution in [3.63, 3.8) is 0 Å². The van der Waals surface area contributed by atoms with Gasteiger partial charge in [0.05, 0.1) is 44.4 Å². The molecule has 6 rings (SSSR count). The highest BCUT2D eigenvalue weighted by Crippen LogP contribution is 2.33. The molecule has 2 aliphatic rings. The summed E-state index contributed by atoms with van der Waals surface area (Å²) in [6.07, 6.45) is 1.10. The van der Waals surface area contributed by atoms with E-state index in [1.54, 1.807) is 6.92 Å². The zero-order valence-electron chi connectivity index (χ0n) is 23.6. The first kappa shape index (κ1) is 33.2. The minimum atomic E-state index is -0.702. The number of esters is 1. The van der Waals surface area contributed by atoms with Gasteiger partial charge in [0, 0.05) is 23.3 Å². The lowest BCUT2D eigenvalue weighted by atomic mass is 9.94. The van der Waals surface area contributed by atoms with E-state index in [0.717, 1.165) is 23.3 Å². The Hall–Kier alpha value is -4.68. The van der Waals surface area contributed by atoms with Gasteiger partial charge in [0.15, 0.2) is 0 Å². The summed E-state index contributed by atoms with van der Waals surface area (Å²) in [5.41, 5.74) is 9.65. The summed E-state index contributed by atoms with van der Waals surface area (Å²) in [5, 5.41) is 0. The summed E-state index contributed by atoms with van der Waals surface area (Å²) in [6.45, 7) is 3.38. The molecule has 2 aromatic carbocycles. The summed E-state index contributed by atoms with van der Waals surface area (Å²) in [7, 11) is 0. The number of carbonyl (C=O) groups is 2. The van der Waals surface area contributed by atoms with Gasteiger partial charge in [0.1, 0.15) is 34.7 Å². The Morgan fingerprint density at radius 2 is 1.22 bits per heavy atom. The van der Waals surface area contributed by atoms with Gasteiger partial charge in [-0.15, -0.1) is 0 Å². The smallest absolute Gasteiger partial charge is 0.356 e. The summed E-state index contributed by atoms with van der Waals surface area (Å²) in [6, 6.07) is 9.66. The Labute approximate surface area is 257 Å². The van der Waals surface area contributed by atoms with Gasteiger partial charge in [-0.05, 0) is 78.4 Å². The molecule has 2 N–H and O–H groups in total. The second-order valence-electron chi connectivity index (χ2n) is 9.90. The van der Waals surface area contributed by atoms with E-state index < -0.39 is 35.1 Å². The Balaban J connectivity index is 0.000000201. The topological polar surface area (TPSA) is 114 Å². The lowest BCUT2D eigenvalue weighted by molar-refractivity contribution is 0.0517. The van der Waals surface area contributed by atoms with Crippen molar-refractivity contribution in [1.29, 1.82) is 0 Å². The molecule has 1 amide bonds. The number of fused-ring (bicyclic) bond motifs is 2. The summed E-state index contributed by atoms with van der Waals surface area (Å²) in [4.78, 5) is 31.8. The normalized spacial score (nSPS) is 13.4. The molecule has 2 aliphatic heterocycles. The van der Waals surface area contributed by atoms with Crippen molar-refractivity contribution in [3.05, 3.63) is 106 Å². The van der Waals surface area contributed by atoms with E-state index in [9.17, 15) is 27.2 Å². The molecule has 2 aromatic heterocycles. The van der Waals surface area contributed by atoms with Gasteiger partial charge < -0.3 is 19.9 Å². The van der Waals surface area contributed by atoms with E-state index in [1.807, 2.05) is 0 Å². The van der Waals surface area contributed by atoms with Gasteiger partial charge in [-0.25, -0.2) is 32.3 Å². The second kappa shape index (κ2) is 14.4. The number of rotatable bonds is 5. The van der Waals surface area contributed by atoms with Crippen molar-refractivity contribution in [2.75, 3.05) is 19.8 Å². The monoisotopic (exact) mass is 625 g/mol. The Kier molecular flexibility index (Phi) is 10.6. The number of pyridine rings is 2. The Bertz CT molecular complexity index is 1750. The van der Waals surface area contributed by atoms with Crippen LogP contribution >= 0.6 is 0 Å². The van der Waals surface area contributed by atoms with Gasteiger partial charge >= 0.3 is 5.97 Å². The van der Waals surface area contributed by atoms with Gasteiger partial charge in [-0.1, -0.05) is 7.43 Å². The number of halogens is 4. The fourth-order valence-electron chi connectivity index (χ4n) is 5.06. The van der Waals surface area contributed by atoms with Crippen molar-refractivity contribution in [1.82, 2.24) is 9.97 Å². The molecule has 45 heavy (non-hydrogen) atoms. The maximum absolute atomic E-state index is 14.2.